The van der Waals surface area contributed by atoms with E-state index in [1.807, 2.05) is 6.07 Å². The van der Waals surface area contributed by atoms with Gasteiger partial charge in [-0.15, -0.1) is 11.3 Å². The number of carbonyl (C=O) groups excluding carboxylic acids is 1. The van der Waals surface area contributed by atoms with Gasteiger partial charge < -0.3 is 9.73 Å². The minimum Gasteiger partial charge on any atom is -0.459 e. The fourth-order valence-corrected chi connectivity index (χ4v) is 5.24. The number of furan rings is 1. The Kier molecular flexibility index (Phi) is 4.34. The van der Waals surface area contributed by atoms with Crippen LogP contribution in [0.25, 0.3) is 15.7 Å². The van der Waals surface area contributed by atoms with Crippen LogP contribution >= 0.6 is 11.3 Å². The minimum absolute atomic E-state index is 0.217. The van der Waals surface area contributed by atoms with Gasteiger partial charge in [-0.05, 0) is 72.7 Å². The highest BCUT2D eigenvalue weighted by Gasteiger charge is 2.27. The zero-order valence-electron chi connectivity index (χ0n) is 15.1. The summed E-state index contributed by atoms with van der Waals surface area (Å²) in [4.78, 5) is 14.9. The highest BCUT2D eigenvalue weighted by atomic mass is 32.1. The second kappa shape index (κ2) is 6.98. The normalized spacial score (nSPS) is 20.3. The van der Waals surface area contributed by atoms with E-state index >= 15 is 0 Å². The monoisotopic (exact) mass is 378 g/mol. The molecule has 0 radical (unpaired) electrons. The number of hydrogen-bond acceptors (Lipinski definition) is 4. The molecule has 0 aliphatic carbocycles. The smallest absolute Gasteiger partial charge is 0.291 e. The Balaban J connectivity index is 1.43. The fourth-order valence-electron chi connectivity index (χ4n) is 4.27. The van der Waals surface area contributed by atoms with E-state index in [9.17, 15) is 4.79 Å². The highest BCUT2D eigenvalue weighted by Crippen LogP contribution is 2.38. The number of anilines is 1. The summed E-state index contributed by atoms with van der Waals surface area (Å²) in [6, 6.07) is 10.2. The quantitative estimate of drug-likeness (QED) is 0.665. The van der Waals surface area contributed by atoms with Crippen LogP contribution in [0.15, 0.2) is 52.5 Å². The number of amides is 1. The molecule has 138 valence electrons. The molecule has 0 bridgehead atoms. The number of hydrogen-bond donors (Lipinski definition) is 1. The third kappa shape index (κ3) is 3.22. The molecule has 0 saturated carbocycles. The maximum absolute atomic E-state index is 12.3. The summed E-state index contributed by atoms with van der Waals surface area (Å²) in [7, 11) is 0. The van der Waals surface area contributed by atoms with Crippen LogP contribution in [0.2, 0.25) is 0 Å². The molecular weight excluding hydrogens is 356 g/mol. The van der Waals surface area contributed by atoms with Crippen LogP contribution in [0.5, 0.6) is 0 Å². The van der Waals surface area contributed by atoms with Crippen LogP contribution in [0.3, 0.4) is 0 Å². The maximum Gasteiger partial charge on any atom is 0.291 e. The summed E-state index contributed by atoms with van der Waals surface area (Å²) >= 11 is 1.78. The molecule has 2 aliphatic rings. The van der Waals surface area contributed by atoms with E-state index in [4.69, 9.17) is 4.42 Å². The summed E-state index contributed by atoms with van der Waals surface area (Å²) in [6.45, 7) is 2.30. The molecule has 1 aromatic carbocycles. The van der Waals surface area contributed by atoms with Gasteiger partial charge in [0, 0.05) is 28.4 Å². The van der Waals surface area contributed by atoms with Gasteiger partial charge >= 0.3 is 0 Å². The van der Waals surface area contributed by atoms with Crippen molar-refractivity contribution in [1.82, 2.24) is 4.90 Å². The number of fused-ring (bicyclic) bond motifs is 2. The van der Waals surface area contributed by atoms with Crippen molar-refractivity contribution in [2.75, 3.05) is 18.4 Å². The molecule has 5 rings (SSSR count). The molecule has 2 aromatic heterocycles. The average Bonchev–Trinajstić information content (AvgIpc) is 3.37. The lowest BCUT2D eigenvalue weighted by atomic mass is 9.89. The second-order valence-electron chi connectivity index (χ2n) is 7.37. The molecule has 4 nitrogen and oxygen atoms in total. The van der Waals surface area contributed by atoms with E-state index in [1.165, 1.54) is 53.3 Å². The molecule has 1 saturated heterocycles. The van der Waals surface area contributed by atoms with Crippen molar-refractivity contribution in [2.24, 2.45) is 0 Å². The molecule has 1 N–H and O–H groups in total. The molecule has 1 fully saturated rings. The van der Waals surface area contributed by atoms with Crippen LogP contribution in [0.4, 0.5) is 5.69 Å². The summed E-state index contributed by atoms with van der Waals surface area (Å²) in [5.74, 6) is 0.110. The largest absolute Gasteiger partial charge is 0.459 e. The van der Waals surface area contributed by atoms with Crippen molar-refractivity contribution >= 4 is 38.6 Å². The molecule has 5 heteroatoms. The van der Waals surface area contributed by atoms with E-state index < -0.39 is 0 Å². The van der Waals surface area contributed by atoms with Crippen LogP contribution in [-0.2, 0) is 0 Å². The number of benzene rings is 1. The van der Waals surface area contributed by atoms with E-state index in [0.29, 0.717) is 11.8 Å². The first-order valence-electron chi connectivity index (χ1n) is 9.57. The Hall–Kier alpha value is -2.37. The van der Waals surface area contributed by atoms with Crippen LogP contribution < -0.4 is 5.32 Å². The standard InChI is InChI=1S/C22H22N2O2S/c25-22(20-5-3-11-26-20)23-16-6-7-21-18(13-16)19(14-27-21)15-8-10-24-9-2-1-4-17(24)12-15/h3,5-8,11,13-14,17H,1-2,4,9-10,12H2,(H,23,25). The number of rotatable bonds is 3. The predicted octanol–water partition coefficient (Wildman–Crippen LogP) is 5.39. The van der Waals surface area contributed by atoms with Gasteiger partial charge in [0.05, 0.1) is 6.26 Å². The van der Waals surface area contributed by atoms with E-state index in [0.717, 1.165) is 18.7 Å². The van der Waals surface area contributed by atoms with E-state index in [1.54, 1.807) is 23.5 Å². The number of piperidine rings is 1. The molecule has 27 heavy (non-hydrogen) atoms. The number of carbonyl (C=O) groups is 1. The lowest BCUT2D eigenvalue weighted by Crippen LogP contribution is -2.41. The molecule has 3 aromatic rings. The molecule has 2 aliphatic heterocycles. The number of thiophene rings is 1. The van der Waals surface area contributed by atoms with Crippen molar-refractivity contribution in [3.8, 4) is 0 Å². The number of nitrogens with one attached hydrogen (secondary N) is 1. The molecular formula is C22H22N2O2S. The minimum atomic E-state index is -0.217. The Morgan fingerprint density at radius 2 is 2.22 bits per heavy atom. The van der Waals surface area contributed by atoms with Crippen LogP contribution in [-0.4, -0.2) is 29.9 Å². The Labute approximate surface area is 162 Å². The van der Waals surface area contributed by atoms with Gasteiger partial charge in [-0.3, -0.25) is 9.69 Å². The van der Waals surface area contributed by atoms with Crippen molar-refractivity contribution < 1.29 is 9.21 Å². The highest BCUT2D eigenvalue weighted by molar-refractivity contribution is 7.17. The number of nitrogens with zero attached hydrogens (tertiary/aromatic N) is 1. The summed E-state index contributed by atoms with van der Waals surface area (Å²) in [5, 5.41) is 6.45. The van der Waals surface area contributed by atoms with Crippen molar-refractivity contribution in [1.29, 1.82) is 0 Å². The molecule has 1 amide bonds. The third-order valence-corrected chi connectivity index (χ3v) is 6.66. The predicted molar refractivity (Wildman–Crippen MR) is 110 cm³/mol. The van der Waals surface area contributed by atoms with Crippen LogP contribution in [0, 0.1) is 0 Å². The van der Waals surface area contributed by atoms with E-state index in [-0.39, 0.29) is 5.91 Å². The fraction of sp³-hybridized carbons (Fsp3) is 0.318. The van der Waals surface area contributed by atoms with Gasteiger partial charge in [-0.2, -0.15) is 0 Å². The lowest BCUT2D eigenvalue weighted by Gasteiger charge is -2.38. The molecule has 1 unspecified atom stereocenters. The second-order valence-corrected chi connectivity index (χ2v) is 8.28. The Bertz CT molecular complexity index is 1000. The van der Waals surface area contributed by atoms with Gasteiger partial charge in [0.15, 0.2) is 5.76 Å². The first-order valence-corrected chi connectivity index (χ1v) is 10.5. The lowest BCUT2D eigenvalue weighted by molar-refractivity contribution is 0.0996. The van der Waals surface area contributed by atoms with Gasteiger partial charge in [-0.1, -0.05) is 12.5 Å². The van der Waals surface area contributed by atoms with Crippen molar-refractivity contribution in [2.45, 2.75) is 31.7 Å². The summed E-state index contributed by atoms with van der Waals surface area (Å²) < 4.78 is 6.44. The average molecular weight is 378 g/mol. The first kappa shape index (κ1) is 16.8. The zero-order chi connectivity index (χ0) is 18.2. The third-order valence-electron chi connectivity index (χ3n) is 5.70. The Morgan fingerprint density at radius 1 is 1.26 bits per heavy atom. The molecule has 1 atom stereocenters. The molecule has 0 spiro atoms. The van der Waals surface area contributed by atoms with Gasteiger partial charge in [0.1, 0.15) is 0 Å². The molecule has 4 heterocycles. The van der Waals surface area contributed by atoms with Crippen LogP contribution in [0.1, 0.15) is 41.8 Å². The topological polar surface area (TPSA) is 45.5 Å². The van der Waals surface area contributed by atoms with Gasteiger partial charge in [-0.25, -0.2) is 0 Å². The summed E-state index contributed by atoms with van der Waals surface area (Å²) in [6.07, 6.45) is 9.04. The van der Waals surface area contributed by atoms with Gasteiger partial charge in [0.2, 0.25) is 0 Å². The first-order chi connectivity index (χ1) is 13.3. The zero-order valence-corrected chi connectivity index (χ0v) is 15.9. The summed E-state index contributed by atoms with van der Waals surface area (Å²) in [5.41, 5.74) is 3.59. The van der Waals surface area contributed by atoms with E-state index in [2.05, 4.69) is 33.8 Å². The van der Waals surface area contributed by atoms with Crippen molar-refractivity contribution in [3.63, 3.8) is 0 Å². The SMILES string of the molecule is O=C(Nc1ccc2scc(C3=CCN4CCCCC4C3)c2c1)c1ccco1. The Morgan fingerprint density at radius 3 is 3.11 bits per heavy atom. The van der Waals surface area contributed by atoms with Gasteiger partial charge in [0.25, 0.3) is 5.91 Å². The van der Waals surface area contributed by atoms with Crippen molar-refractivity contribution in [3.05, 3.63) is 59.4 Å². The maximum atomic E-state index is 12.3.